The largest absolute Gasteiger partial charge is 0.417 e. The number of nitrogens with zero attached hydrogens (tertiary/aromatic N) is 2. The molecule has 1 aliphatic heterocycles. The van der Waals surface area contributed by atoms with Crippen molar-refractivity contribution in [1.82, 2.24) is 9.80 Å². The number of hydrogen-bond donors (Lipinski definition) is 1. The predicted octanol–water partition coefficient (Wildman–Crippen LogP) is 3.99. The van der Waals surface area contributed by atoms with Gasteiger partial charge in [-0.2, -0.15) is 13.2 Å². The van der Waals surface area contributed by atoms with Crippen LogP contribution in [0, 0.1) is 0 Å². The Bertz CT molecular complexity index is 961. The van der Waals surface area contributed by atoms with Gasteiger partial charge in [0.1, 0.15) is 6.54 Å². The highest BCUT2D eigenvalue weighted by Gasteiger charge is 2.34. The Morgan fingerprint density at radius 2 is 1.80 bits per heavy atom. The van der Waals surface area contributed by atoms with Crippen LogP contribution in [-0.2, 0) is 15.8 Å². The molecular formula is C21H20F3N3O3. The lowest BCUT2D eigenvalue weighted by molar-refractivity contribution is -0.137. The molecule has 0 radical (unpaired) electrons. The molecule has 0 atom stereocenters. The Hall–Kier alpha value is -3.36. The molecule has 0 aliphatic carbocycles. The first-order chi connectivity index (χ1) is 14.2. The van der Waals surface area contributed by atoms with Crippen LogP contribution in [0.5, 0.6) is 0 Å². The van der Waals surface area contributed by atoms with Gasteiger partial charge in [0.15, 0.2) is 0 Å². The molecule has 1 aliphatic rings. The Morgan fingerprint density at radius 1 is 1.10 bits per heavy atom. The average Bonchev–Trinajstić information content (AvgIpc) is 2.94. The SMILES string of the molecule is CN1CC(=O)N(CCCC(=O)Nc2ccc(-c3ccccc3)c(C(F)(F)F)c2)C1=O. The Labute approximate surface area is 171 Å². The number of benzene rings is 2. The van der Waals surface area contributed by atoms with Gasteiger partial charge in [-0.05, 0) is 29.7 Å². The van der Waals surface area contributed by atoms with Crippen molar-refractivity contribution in [1.29, 1.82) is 0 Å². The van der Waals surface area contributed by atoms with E-state index in [9.17, 15) is 27.6 Å². The Morgan fingerprint density at radius 3 is 2.40 bits per heavy atom. The Kier molecular flexibility index (Phi) is 6.09. The summed E-state index contributed by atoms with van der Waals surface area (Å²) < 4.78 is 40.6. The first-order valence-corrected chi connectivity index (χ1v) is 9.29. The number of alkyl halides is 3. The molecule has 1 fully saturated rings. The minimum absolute atomic E-state index is 0.000980. The number of halogens is 3. The lowest BCUT2D eigenvalue weighted by atomic mass is 9.98. The van der Waals surface area contributed by atoms with Gasteiger partial charge in [-0.3, -0.25) is 14.5 Å². The molecule has 3 rings (SSSR count). The van der Waals surface area contributed by atoms with E-state index < -0.39 is 23.7 Å². The maximum Gasteiger partial charge on any atom is 0.417 e. The fourth-order valence-electron chi connectivity index (χ4n) is 3.24. The second-order valence-corrected chi connectivity index (χ2v) is 6.96. The number of hydrogen-bond acceptors (Lipinski definition) is 3. The van der Waals surface area contributed by atoms with E-state index >= 15 is 0 Å². The van der Waals surface area contributed by atoms with Gasteiger partial charge in [-0.15, -0.1) is 0 Å². The molecule has 0 aromatic heterocycles. The van der Waals surface area contributed by atoms with Crippen LogP contribution in [0.2, 0.25) is 0 Å². The van der Waals surface area contributed by atoms with Gasteiger partial charge in [-0.1, -0.05) is 36.4 Å². The normalized spacial score (nSPS) is 14.4. The quantitative estimate of drug-likeness (QED) is 0.720. The average molecular weight is 419 g/mol. The molecule has 1 saturated heterocycles. The maximum absolute atomic E-state index is 13.5. The summed E-state index contributed by atoms with van der Waals surface area (Å²) in [6.07, 6.45) is -4.41. The van der Waals surface area contributed by atoms with Gasteiger partial charge in [0.05, 0.1) is 5.56 Å². The predicted molar refractivity (Wildman–Crippen MR) is 104 cm³/mol. The van der Waals surface area contributed by atoms with Crippen LogP contribution in [0.4, 0.5) is 23.7 Å². The highest BCUT2D eigenvalue weighted by atomic mass is 19.4. The zero-order valence-corrected chi connectivity index (χ0v) is 16.2. The van der Waals surface area contributed by atoms with E-state index in [0.29, 0.717) is 5.56 Å². The molecule has 2 aromatic carbocycles. The zero-order valence-electron chi connectivity index (χ0n) is 16.2. The first kappa shape index (κ1) is 21.4. The highest BCUT2D eigenvalue weighted by Crippen LogP contribution is 2.38. The summed E-state index contributed by atoms with van der Waals surface area (Å²) in [6.45, 7) is 0.0786. The summed E-state index contributed by atoms with van der Waals surface area (Å²) in [5, 5.41) is 2.45. The van der Waals surface area contributed by atoms with Crippen molar-refractivity contribution in [3.8, 4) is 11.1 Å². The summed E-state index contributed by atoms with van der Waals surface area (Å²) in [5.74, 6) is -0.836. The van der Waals surface area contributed by atoms with Gasteiger partial charge >= 0.3 is 12.2 Å². The minimum Gasteiger partial charge on any atom is -0.326 e. The van der Waals surface area contributed by atoms with Crippen molar-refractivity contribution >= 4 is 23.5 Å². The van der Waals surface area contributed by atoms with Crippen molar-refractivity contribution in [3.63, 3.8) is 0 Å². The van der Waals surface area contributed by atoms with Gasteiger partial charge in [0.25, 0.3) is 0 Å². The fourth-order valence-corrected chi connectivity index (χ4v) is 3.24. The van der Waals surface area contributed by atoms with Gasteiger partial charge in [0.2, 0.25) is 11.8 Å². The Balaban J connectivity index is 1.66. The molecule has 0 spiro atoms. The van der Waals surface area contributed by atoms with Crippen molar-refractivity contribution < 1.29 is 27.6 Å². The molecule has 1 heterocycles. The van der Waals surface area contributed by atoms with E-state index in [4.69, 9.17) is 0 Å². The highest BCUT2D eigenvalue weighted by molar-refractivity contribution is 6.01. The number of carbonyl (C=O) groups is 3. The molecule has 9 heteroatoms. The molecule has 0 bridgehead atoms. The van der Waals surface area contributed by atoms with Gasteiger partial charge < -0.3 is 10.2 Å². The molecule has 6 nitrogen and oxygen atoms in total. The van der Waals surface area contributed by atoms with Crippen LogP contribution in [0.3, 0.4) is 0 Å². The minimum atomic E-state index is -4.59. The summed E-state index contributed by atoms with van der Waals surface area (Å²) >= 11 is 0. The van der Waals surface area contributed by atoms with E-state index in [-0.39, 0.29) is 43.1 Å². The third kappa shape index (κ3) is 4.79. The number of carbonyl (C=O) groups excluding carboxylic acids is 3. The van der Waals surface area contributed by atoms with Crippen molar-refractivity contribution in [2.45, 2.75) is 19.0 Å². The molecule has 158 valence electrons. The zero-order chi connectivity index (χ0) is 21.9. The van der Waals surface area contributed by atoms with Crippen LogP contribution in [-0.4, -0.2) is 47.8 Å². The maximum atomic E-state index is 13.5. The number of likely N-dealkylation sites (N-methyl/N-ethyl adjacent to an activating group) is 1. The number of imide groups is 1. The van der Waals surface area contributed by atoms with E-state index in [0.717, 1.165) is 11.0 Å². The van der Waals surface area contributed by atoms with Gasteiger partial charge in [0, 0.05) is 25.7 Å². The number of anilines is 1. The molecule has 0 unspecified atom stereocenters. The van der Waals surface area contributed by atoms with E-state index in [1.54, 1.807) is 30.3 Å². The monoisotopic (exact) mass is 419 g/mol. The smallest absolute Gasteiger partial charge is 0.326 e. The lowest BCUT2D eigenvalue weighted by Gasteiger charge is -2.16. The second-order valence-electron chi connectivity index (χ2n) is 6.96. The third-order valence-corrected chi connectivity index (χ3v) is 4.71. The summed E-state index contributed by atoms with van der Waals surface area (Å²) in [6, 6.07) is 11.4. The lowest BCUT2D eigenvalue weighted by Crippen LogP contribution is -2.32. The number of nitrogens with one attached hydrogen (secondary N) is 1. The van der Waals surface area contributed by atoms with Crippen LogP contribution in [0.25, 0.3) is 11.1 Å². The fraction of sp³-hybridized carbons (Fsp3) is 0.286. The van der Waals surface area contributed by atoms with Crippen LogP contribution in [0.1, 0.15) is 18.4 Å². The molecule has 1 N–H and O–H groups in total. The molecule has 2 aromatic rings. The number of rotatable bonds is 6. The third-order valence-electron chi connectivity index (χ3n) is 4.71. The molecule has 30 heavy (non-hydrogen) atoms. The summed E-state index contributed by atoms with van der Waals surface area (Å²) in [7, 11) is 1.50. The van der Waals surface area contributed by atoms with Crippen LogP contribution in [0.15, 0.2) is 48.5 Å². The van der Waals surface area contributed by atoms with E-state index in [1.165, 1.54) is 24.1 Å². The standard InChI is InChI=1S/C21H20F3N3O3/c1-26-13-19(29)27(20(26)30)11-5-8-18(28)25-15-9-10-16(14-6-3-2-4-7-14)17(12-15)21(22,23)24/h2-4,6-7,9-10,12H,5,8,11,13H2,1H3,(H,25,28). The van der Waals surface area contributed by atoms with Crippen molar-refractivity contribution in [3.05, 3.63) is 54.1 Å². The topological polar surface area (TPSA) is 69.7 Å². The first-order valence-electron chi connectivity index (χ1n) is 9.29. The molecule has 0 saturated carbocycles. The molecule has 4 amide bonds. The molecular weight excluding hydrogens is 399 g/mol. The summed E-state index contributed by atoms with van der Waals surface area (Å²) in [5.41, 5.74) is -0.369. The number of amides is 4. The van der Waals surface area contributed by atoms with Gasteiger partial charge in [-0.25, -0.2) is 4.79 Å². The summed E-state index contributed by atoms with van der Waals surface area (Å²) in [4.78, 5) is 38.0. The van der Waals surface area contributed by atoms with E-state index in [1.807, 2.05) is 0 Å². The van der Waals surface area contributed by atoms with Crippen LogP contribution >= 0.6 is 0 Å². The van der Waals surface area contributed by atoms with Crippen LogP contribution < -0.4 is 5.32 Å². The van der Waals surface area contributed by atoms with Crippen molar-refractivity contribution in [2.24, 2.45) is 0 Å². The van der Waals surface area contributed by atoms with E-state index in [2.05, 4.69) is 5.32 Å². The van der Waals surface area contributed by atoms with Crippen molar-refractivity contribution in [2.75, 3.05) is 25.5 Å². The number of urea groups is 1. The second kappa shape index (κ2) is 8.56.